The monoisotopic (exact) mass is 355 g/mol. The van der Waals surface area contributed by atoms with Crippen LogP contribution in [0.1, 0.15) is 23.7 Å². The molecule has 0 fully saturated rings. The van der Waals surface area contributed by atoms with Gasteiger partial charge in [0.1, 0.15) is 5.75 Å². The van der Waals surface area contributed by atoms with Crippen LogP contribution in [0.4, 0.5) is 5.13 Å². The van der Waals surface area contributed by atoms with E-state index in [2.05, 4.69) is 22.2 Å². The lowest BCUT2D eigenvalue weighted by molar-refractivity contribution is 0.102. The SMILES string of the molecule is CCCOc1ccc(-c2csc(NC(=O)c3ccc(=O)[nH]c3)n2)cc1. The summed E-state index contributed by atoms with van der Waals surface area (Å²) >= 11 is 1.34. The molecule has 0 unspecified atom stereocenters. The minimum absolute atomic E-state index is 0.251. The number of rotatable bonds is 6. The zero-order chi connectivity index (χ0) is 17.6. The Hall–Kier alpha value is -2.93. The van der Waals surface area contributed by atoms with Gasteiger partial charge in [-0.2, -0.15) is 0 Å². The number of amides is 1. The first-order chi connectivity index (χ1) is 12.2. The molecular weight excluding hydrogens is 338 g/mol. The Labute approximate surface area is 148 Å². The van der Waals surface area contributed by atoms with Crippen molar-refractivity contribution in [1.82, 2.24) is 9.97 Å². The number of carbonyl (C=O) groups is 1. The number of carbonyl (C=O) groups excluding carboxylic acids is 1. The Morgan fingerprint density at radius 2 is 2.04 bits per heavy atom. The van der Waals surface area contributed by atoms with E-state index in [1.165, 1.54) is 29.7 Å². The van der Waals surface area contributed by atoms with Crippen molar-refractivity contribution >= 4 is 22.4 Å². The molecule has 25 heavy (non-hydrogen) atoms. The molecule has 0 bridgehead atoms. The predicted octanol–water partition coefficient (Wildman–Crippen LogP) is 3.54. The van der Waals surface area contributed by atoms with Crippen LogP contribution in [-0.4, -0.2) is 22.5 Å². The van der Waals surface area contributed by atoms with Crippen LogP contribution in [0.3, 0.4) is 0 Å². The largest absolute Gasteiger partial charge is 0.494 e. The van der Waals surface area contributed by atoms with Gasteiger partial charge in [0.25, 0.3) is 5.91 Å². The maximum Gasteiger partial charge on any atom is 0.258 e. The Balaban J connectivity index is 1.68. The second kappa shape index (κ2) is 7.76. The molecule has 3 rings (SSSR count). The zero-order valence-electron chi connectivity index (χ0n) is 13.6. The number of ether oxygens (including phenoxy) is 1. The molecule has 0 aliphatic carbocycles. The molecule has 0 aliphatic rings. The Morgan fingerprint density at radius 3 is 2.72 bits per heavy atom. The lowest BCUT2D eigenvalue weighted by Gasteiger charge is -2.04. The lowest BCUT2D eigenvalue weighted by atomic mass is 10.2. The molecule has 0 saturated carbocycles. The first-order valence-corrected chi connectivity index (χ1v) is 8.72. The number of thiazole rings is 1. The third-order valence-electron chi connectivity index (χ3n) is 3.39. The van der Waals surface area contributed by atoms with Gasteiger partial charge in [0.15, 0.2) is 5.13 Å². The minimum Gasteiger partial charge on any atom is -0.494 e. The first kappa shape index (κ1) is 16.9. The fourth-order valence-electron chi connectivity index (χ4n) is 2.13. The van der Waals surface area contributed by atoms with Crippen LogP contribution in [-0.2, 0) is 0 Å². The van der Waals surface area contributed by atoms with Gasteiger partial charge < -0.3 is 9.72 Å². The predicted molar refractivity (Wildman–Crippen MR) is 98.4 cm³/mol. The zero-order valence-corrected chi connectivity index (χ0v) is 14.4. The van der Waals surface area contributed by atoms with Gasteiger partial charge in [0, 0.05) is 23.2 Å². The second-order valence-electron chi connectivity index (χ2n) is 5.31. The molecule has 0 atom stereocenters. The summed E-state index contributed by atoms with van der Waals surface area (Å²) in [5, 5.41) is 5.11. The highest BCUT2D eigenvalue weighted by Crippen LogP contribution is 2.26. The summed E-state index contributed by atoms with van der Waals surface area (Å²) in [7, 11) is 0. The van der Waals surface area contributed by atoms with E-state index < -0.39 is 0 Å². The van der Waals surface area contributed by atoms with Crippen LogP contribution in [0.15, 0.2) is 52.8 Å². The summed E-state index contributed by atoms with van der Waals surface area (Å²) < 4.78 is 5.56. The highest BCUT2D eigenvalue weighted by Gasteiger charge is 2.10. The number of H-pyrrole nitrogens is 1. The number of aromatic amines is 1. The van der Waals surface area contributed by atoms with Crippen molar-refractivity contribution < 1.29 is 9.53 Å². The average molecular weight is 355 g/mol. The summed E-state index contributed by atoms with van der Waals surface area (Å²) in [6.45, 7) is 2.75. The van der Waals surface area contributed by atoms with Gasteiger partial charge in [-0.25, -0.2) is 4.98 Å². The summed E-state index contributed by atoms with van der Waals surface area (Å²) in [5.74, 6) is 0.507. The van der Waals surface area contributed by atoms with Crippen molar-refractivity contribution in [3.05, 3.63) is 63.9 Å². The van der Waals surface area contributed by atoms with Crippen LogP contribution in [0, 0.1) is 0 Å². The molecule has 1 amide bonds. The van der Waals surface area contributed by atoms with Crippen molar-refractivity contribution in [3.8, 4) is 17.0 Å². The van der Waals surface area contributed by atoms with E-state index in [4.69, 9.17) is 4.74 Å². The van der Waals surface area contributed by atoms with Crippen molar-refractivity contribution in [3.63, 3.8) is 0 Å². The van der Waals surface area contributed by atoms with Crippen LogP contribution in [0.5, 0.6) is 5.75 Å². The maximum atomic E-state index is 12.1. The molecule has 128 valence electrons. The highest BCUT2D eigenvalue weighted by atomic mass is 32.1. The van der Waals surface area contributed by atoms with E-state index >= 15 is 0 Å². The first-order valence-electron chi connectivity index (χ1n) is 7.84. The van der Waals surface area contributed by atoms with Gasteiger partial charge in [-0.15, -0.1) is 11.3 Å². The van der Waals surface area contributed by atoms with E-state index in [1.807, 2.05) is 29.6 Å². The molecular formula is C18H17N3O3S. The molecule has 2 aromatic heterocycles. The molecule has 1 aromatic carbocycles. The number of aromatic nitrogens is 2. The molecule has 0 saturated heterocycles. The molecule has 3 aromatic rings. The van der Waals surface area contributed by atoms with Crippen LogP contribution in [0.2, 0.25) is 0 Å². The summed E-state index contributed by atoms with van der Waals surface area (Å²) in [6.07, 6.45) is 2.34. The van der Waals surface area contributed by atoms with E-state index in [1.54, 1.807) is 0 Å². The fourth-order valence-corrected chi connectivity index (χ4v) is 2.84. The third kappa shape index (κ3) is 4.33. The van der Waals surface area contributed by atoms with Gasteiger partial charge in [-0.3, -0.25) is 14.9 Å². The molecule has 7 heteroatoms. The average Bonchev–Trinajstić information content (AvgIpc) is 3.09. The number of nitrogens with zero attached hydrogens (tertiary/aromatic N) is 1. The van der Waals surface area contributed by atoms with E-state index in [0.717, 1.165) is 23.4 Å². The van der Waals surface area contributed by atoms with Crippen molar-refractivity contribution in [2.45, 2.75) is 13.3 Å². The number of nitrogens with one attached hydrogen (secondary N) is 2. The maximum absolute atomic E-state index is 12.1. The van der Waals surface area contributed by atoms with Crippen molar-refractivity contribution in [2.24, 2.45) is 0 Å². The van der Waals surface area contributed by atoms with E-state index in [0.29, 0.717) is 17.3 Å². The Morgan fingerprint density at radius 1 is 1.24 bits per heavy atom. The van der Waals surface area contributed by atoms with Crippen LogP contribution >= 0.6 is 11.3 Å². The van der Waals surface area contributed by atoms with Gasteiger partial charge in [0.2, 0.25) is 5.56 Å². The highest BCUT2D eigenvalue weighted by molar-refractivity contribution is 7.14. The number of benzene rings is 1. The molecule has 0 radical (unpaired) electrons. The fraction of sp³-hybridized carbons (Fsp3) is 0.167. The standard InChI is InChI=1S/C18H17N3O3S/c1-2-9-24-14-6-3-12(4-7-14)15-11-25-18(20-15)21-17(23)13-5-8-16(22)19-10-13/h3-8,10-11H,2,9H2,1H3,(H,19,22)(H,20,21,23). The molecule has 2 N–H and O–H groups in total. The lowest BCUT2D eigenvalue weighted by Crippen LogP contribution is -2.14. The Kier molecular flexibility index (Phi) is 5.25. The third-order valence-corrected chi connectivity index (χ3v) is 4.15. The number of anilines is 1. The van der Waals surface area contributed by atoms with Gasteiger partial charge in [0.05, 0.1) is 17.9 Å². The van der Waals surface area contributed by atoms with Crippen molar-refractivity contribution in [2.75, 3.05) is 11.9 Å². The number of pyridine rings is 1. The van der Waals surface area contributed by atoms with E-state index in [9.17, 15) is 9.59 Å². The van der Waals surface area contributed by atoms with Gasteiger partial charge in [-0.1, -0.05) is 6.92 Å². The number of hydrogen-bond donors (Lipinski definition) is 2. The van der Waals surface area contributed by atoms with Gasteiger partial charge >= 0.3 is 0 Å². The number of hydrogen-bond acceptors (Lipinski definition) is 5. The second-order valence-corrected chi connectivity index (χ2v) is 6.16. The molecule has 0 spiro atoms. The molecule has 2 heterocycles. The smallest absolute Gasteiger partial charge is 0.258 e. The quantitative estimate of drug-likeness (QED) is 0.708. The summed E-state index contributed by atoms with van der Waals surface area (Å²) in [5.41, 5.74) is 1.85. The van der Waals surface area contributed by atoms with Crippen LogP contribution < -0.4 is 15.6 Å². The minimum atomic E-state index is -0.319. The van der Waals surface area contributed by atoms with E-state index in [-0.39, 0.29) is 11.5 Å². The Bertz CT molecular complexity index is 895. The van der Waals surface area contributed by atoms with Crippen LogP contribution in [0.25, 0.3) is 11.3 Å². The topological polar surface area (TPSA) is 84.1 Å². The molecule has 6 nitrogen and oxygen atoms in total. The molecule has 0 aliphatic heterocycles. The van der Waals surface area contributed by atoms with Crippen molar-refractivity contribution in [1.29, 1.82) is 0 Å². The normalized spacial score (nSPS) is 10.4. The van der Waals surface area contributed by atoms with Gasteiger partial charge in [-0.05, 0) is 36.8 Å². The summed E-state index contributed by atoms with van der Waals surface area (Å²) in [4.78, 5) is 30.1. The summed E-state index contributed by atoms with van der Waals surface area (Å²) in [6, 6.07) is 10.5.